The van der Waals surface area contributed by atoms with Crippen LogP contribution in [0.25, 0.3) is 0 Å². The van der Waals surface area contributed by atoms with Crippen molar-refractivity contribution in [3.05, 3.63) is 22.6 Å². The van der Waals surface area contributed by atoms with Crippen LogP contribution in [0.2, 0.25) is 0 Å². The summed E-state index contributed by atoms with van der Waals surface area (Å²) >= 11 is 3.33. The molecule has 2 heterocycles. The highest BCUT2D eigenvalue weighted by Crippen LogP contribution is 2.31. The smallest absolute Gasteiger partial charge is 0.146 e. The molecule has 2 rings (SSSR count). The Labute approximate surface area is 91.2 Å². The normalized spacial score (nSPS) is 24.0. The Kier molecular flexibility index (Phi) is 3.26. The third kappa shape index (κ3) is 2.19. The van der Waals surface area contributed by atoms with Crippen molar-refractivity contribution in [2.24, 2.45) is 5.92 Å². The van der Waals surface area contributed by atoms with Gasteiger partial charge in [0.05, 0.1) is 10.7 Å². The van der Waals surface area contributed by atoms with Gasteiger partial charge in [-0.3, -0.25) is 0 Å². The summed E-state index contributed by atoms with van der Waals surface area (Å²) in [5.74, 6) is 1.08. The second-order valence-electron chi connectivity index (χ2n) is 3.61. The van der Waals surface area contributed by atoms with Crippen molar-refractivity contribution < 1.29 is 14.3 Å². The molecule has 1 aliphatic rings. The summed E-state index contributed by atoms with van der Waals surface area (Å²) in [6.07, 6.45) is 2.81. The summed E-state index contributed by atoms with van der Waals surface area (Å²) in [7, 11) is 0. The van der Waals surface area contributed by atoms with Crippen LogP contribution in [0.4, 0.5) is 0 Å². The van der Waals surface area contributed by atoms with Gasteiger partial charge in [-0.25, -0.2) is 0 Å². The maximum atomic E-state index is 9.87. The first-order valence-corrected chi connectivity index (χ1v) is 5.55. The van der Waals surface area contributed by atoms with Gasteiger partial charge in [-0.2, -0.15) is 0 Å². The van der Waals surface area contributed by atoms with Gasteiger partial charge in [0, 0.05) is 13.2 Å². The zero-order chi connectivity index (χ0) is 9.97. The fraction of sp³-hybridized carbons (Fsp3) is 0.600. The fourth-order valence-corrected chi connectivity index (χ4v) is 2.20. The van der Waals surface area contributed by atoms with E-state index >= 15 is 0 Å². The third-order valence-electron chi connectivity index (χ3n) is 2.53. The molecule has 0 aliphatic carbocycles. The molecule has 0 spiro atoms. The minimum absolute atomic E-state index is 0.460. The van der Waals surface area contributed by atoms with Crippen molar-refractivity contribution in [2.75, 3.05) is 13.2 Å². The SMILES string of the molecule is OC(CC1CCOC1)c1occc1Br. The lowest BCUT2D eigenvalue weighted by Crippen LogP contribution is -2.06. The molecular weight excluding hydrogens is 248 g/mol. The van der Waals surface area contributed by atoms with Crippen LogP contribution in [0, 0.1) is 5.92 Å². The molecule has 3 nitrogen and oxygen atoms in total. The van der Waals surface area contributed by atoms with E-state index in [2.05, 4.69) is 15.9 Å². The van der Waals surface area contributed by atoms with Gasteiger partial charge in [-0.1, -0.05) is 0 Å². The zero-order valence-electron chi connectivity index (χ0n) is 7.78. The predicted octanol–water partition coefficient (Wildman–Crippen LogP) is 2.50. The molecule has 4 heteroatoms. The van der Waals surface area contributed by atoms with Crippen LogP contribution in [0.3, 0.4) is 0 Å². The van der Waals surface area contributed by atoms with Crippen LogP contribution >= 0.6 is 15.9 Å². The molecule has 1 N–H and O–H groups in total. The Morgan fingerprint density at radius 3 is 3.07 bits per heavy atom. The second-order valence-corrected chi connectivity index (χ2v) is 4.47. The van der Waals surface area contributed by atoms with Crippen molar-refractivity contribution >= 4 is 15.9 Å². The molecule has 1 aromatic heterocycles. The van der Waals surface area contributed by atoms with Gasteiger partial charge in [0.15, 0.2) is 0 Å². The molecule has 0 saturated carbocycles. The molecule has 1 saturated heterocycles. The Balaban J connectivity index is 1.95. The van der Waals surface area contributed by atoms with Gasteiger partial charge in [0.25, 0.3) is 0 Å². The van der Waals surface area contributed by atoms with E-state index in [0.717, 1.165) is 24.1 Å². The molecule has 1 aromatic rings. The molecule has 0 amide bonds. The van der Waals surface area contributed by atoms with Crippen molar-refractivity contribution in [2.45, 2.75) is 18.9 Å². The lowest BCUT2D eigenvalue weighted by molar-refractivity contribution is 0.110. The average Bonchev–Trinajstić information content (AvgIpc) is 2.75. The fourth-order valence-electron chi connectivity index (χ4n) is 1.74. The monoisotopic (exact) mass is 260 g/mol. The molecular formula is C10H13BrO3. The maximum absolute atomic E-state index is 9.87. The number of aliphatic hydroxyl groups excluding tert-OH is 1. The molecule has 0 aromatic carbocycles. The average molecular weight is 261 g/mol. The van der Waals surface area contributed by atoms with Gasteiger partial charge in [0.1, 0.15) is 11.9 Å². The second kappa shape index (κ2) is 4.47. The van der Waals surface area contributed by atoms with Gasteiger partial charge in [0.2, 0.25) is 0 Å². The van der Waals surface area contributed by atoms with E-state index in [-0.39, 0.29) is 0 Å². The van der Waals surface area contributed by atoms with Crippen LogP contribution in [0.15, 0.2) is 21.2 Å². The van der Waals surface area contributed by atoms with E-state index in [0.29, 0.717) is 18.1 Å². The lowest BCUT2D eigenvalue weighted by atomic mass is 10.00. The Bertz CT molecular complexity index is 291. The van der Waals surface area contributed by atoms with Gasteiger partial charge in [-0.05, 0) is 40.8 Å². The molecule has 1 fully saturated rings. The molecule has 1 aliphatic heterocycles. The number of hydrogen-bond donors (Lipinski definition) is 1. The van der Waals surface area contributed by atoms with E-state index in [1.54, 1.807) is 12.3 Å². The van der Waals surface area contributed by atoms with Gasteiger partial charge in [-0.15, -0.1) is 0 Å². The number of rotatable bonds is 3. The van der Waals surface area contributed by atoms with E-state index in [4.69, 9.17) is 9.15 Å². The van der Waals surface area contributed by atoms with Crippen molar-refractivity contribution in [3.8, 4) is 0 Å². The quantitative estimate of drug-likeness (QED) is 0.908. The van der Waals surface area contributed by atoms with Crippen LogP contribution in [0.5, 0.6) is 0 Å². The summed E-state index contributed by atoms with van der Waals surface area (Å²) in [5.41, 5.74) is 0. The van der Waals surface area contributed by atoms with Crippen LogP contribution in [0.1, 0.15) is 24.7 Å². The predicted molar refractivity (Wildman–Crippen MR) is 54.9 cm³/mol. The van der Waals surface area contributed by atoms with E-state index < -0.39 is 6.10 Å². The van der Waals surface area contributed by atoms with Crippen LogP contribution < -0.4 is 0 Å². The number of ether oxygens (including phenoxy) is 1. The topological polar surface area (TPSA) is 42.6 Å². The summed E-state index contributed by atoms with van der Waals surface area (Å²) in [6, 6.07) is 1.80. The highest BCUT2D eigenvalue weighted by atomic mass is 79.9. The molecule has 2 atom stereocenters. The Hall–Kier alpha value is -0.320. The Morgan fingerprint density at radius 1 is 1.64 bits per heavy atom. The van der Waals surface area contributed by atoms with Gasteiger partial charge < -0.3 is 14.3 Å². The van der Waals surface area contributed by atoms with E-state index in [9.17, 15) is 5.11 Å². The first-order valence-electron chi connectivity index (χ1n) is 4.76. The third-order valence-corrected chi connectivity index (χ3v) is 3.18. The van der Waals surface area contributed by atoms with E-state index in [1.807, 2.05) is 0 Å². The minimum Gasteiger partial charge on any atom is -0.465 e. The van der Waals surface area contributed by atoms with Crippen molar-refractivity contribution in [1.82, 2.24) is 0 Å². The summed E-state index contributed by atoms with van der Waals surface area (Å²) in [4.78, 5) is 0. The summed E-state index contributed by atoms with van der Waals surface area (Å²) in [5, 5.41) is 9.87. The van der Waals surface area contributed by atoms with Gasteiger partial charge >= 0.3 is 0 Å². The largest absolute Gasteiger partial charge is 0.465 e. The first-order chi connectivity index (χ1) is 6.77. The Morgan fingerprint density at radius 2 is 2.50 bits per heavy atom. The highest BCUT2D eigenvalue weighted by Gasteiger charge is 2.23. The highest BCUT2D eigenvalue weighted by molar-refractivity contribution is 9.10. The van der Waals surface area contributed by atoms with E-state index in [1.165, 1.54) is 0 Å². The minimum atomic E-state index is -0.522. The summed E-state index contributed by atoms with van der Waals surface area (Å²) < 4.78 is 11.3. The molecule has 0 radical (unpaired) electrons. The number of hydrogen-bond acceptors (Lipinski definition) is 3. The van der Waals surface area contributed by atoms with Crippen LogP contribution in [-0.4, -0.2) is 18.3 Å². The summed E-state index contributed by atoms with van der Waals surface area (Å²) in [6.45, 7) is 1.58. The number of aliphatic hydroxyl groups is 1. The number of halogens is 1. The number of furan rings is 1. The maximum Gasteiger partial charge on any atom is 0.146 e. The standard InChI is InChI=1S/C10H13BrO3/c11-8-2-4-14-10(8)9(12)5-7-1-3-13-6-7/h2,4,7,9,12H,1,3,5-6H2. The molecule has 78 valence electrons. The van der Waals surface area contributed by atoms with Crippen molar-refractivity contribution in [1.29, 1.82) is 0 Å². The first kappa shape index (κ1) is 10.2. The molecule has 0 bridgehead atoms. The van der Waals surface area contributed by atoms with Crippen LogP contribution in [-0.2, 0) is 4.74 Å². The molecule has 2 unspecified atom stereocenters. The van der Waals surface area contributed by atoms with Crippen molar-refractivity contribution in [3.63, 3.8) is 0 Å². The zero-order valence-corrected chi connectivity index (χ0v) is 9.37. The molecule has 14 heavy (non-hydrogen) atoms. The lowest BCUT2D eigenvalue weighted by Gasteiger charge is -2.12.